The molecule has 1 N–H and O–H groups in total. The van der Waals surface area contributed by atoms with Gasteiger partial charge in [0.25, 0.3) is 0 Å². The van der Waals surface area contributed by atoms with E-state index < -0.39 is 0 Å². The molecular weight excluding hydrogens is 418 g/mol. The van der Waals surface area contributed by atoms with Gasteiger partial charge in [-0.05, 0) is 43.7 Å². The first kappa shape index (κ1) is 18.3. The first-order valence-electron chi connectivity index (χ1n) is 8.85. The van der Waals surface area contributed by atoms with Crippen LogP contribution < -0.4 is 10.1 Å². The van der Waals surface area contributed by atoms with Crippen molar-refractivity contribution < 1.29 is 4.74 Å². The maximum atomic E-state index is 5.77. The quantitative estimate of drug-likeness (QED) is 0.448. The second-order valence-corrected chi connectivity index (χ2v) is 7.26. The molecule has 0 radical (unpaired) electrons. The molecule has 2 aromatic carbocycles. The van der Waals surface area contributed by atoms with Crippen LogP contribution in [0.1, 0.15) is 24.4 Å². The molecule has 2 aromatic heterocycles. The summed E-state index contributed by atoms with van der Waals surface area (Å²) in [6.07, 6.45) is 1.66. The van der Waals surface area contributed by atoms with E-state index in [0.717, 1.165) is 10.0 Å². The predicted octanol–water partition coefficient (Wildman–Crippen LogP) is 5.46. The highest BCUT2D eigenvalue weighted by Crippen LogP contribution is 2.26. The van der Waals surface area contributed by atoms with E-state index >= 15 is 0 Å². The Hall–Kier alpha value is -3.06. The van der Waals surface area contributed by atoms with Gasteiger partial charge in [0.05, 0.1) is 12.2 Å². The van der Waals surface area contributed by atoms with Crippen LogP contribution in [0, 0.1) is 6.92 Å². The maximum absolute atomic E-state index is 5.77. The zero-order chi connectivity index (χ0) is 19.5. The number of nitrogens with zero attached hydrogens (tertiary/aromatic N) is 4. The van der Waals surface area contributed by atoms with E-state index in [-0.39, 0.29) is 12.1 Å². The summed E-state index contributed by atoms with van der Waals surface area (Å²) in [4.78, 5) is 17.8. The molecule has 0 fully saturated rings. The predicted molar refractivity (Wildman–Crippen MR) is 113 cm³/mol. The summed E-state index contributed by atoms with van der Waals surface area (Å²) in [5.41, 5.74) is 2.42. The summed E-state index contributed by atoms with van der Waals surface area (Å²) in [5.74, 6) is 1.97. The lowest BCUT2D eigenvalue weighted by Gasteiger charge is -2.17. The molecule has 4 rings (SSSR count). The van der Waals surface area contributed by atoms with Crippen LogP contribution in [0.15, 0.2) is 65.3 Å². The van der Waals surface area contributed by atoms with Crippen molar-refractivity contribution in [3.8, 4) is 11.8 Å². The van der Waals surface area contributed by atoms with Gasteiger partial charge in [0.15, 0.2) is 5.82 Å². The highest BCUT2D eigenvalue weighted by Gasteiger charge is 2.14. The monoisotopic (exact) mass is 435 g/mol. The zero-order valence-corrected chi connectivity index (χ0v) is 17.0. The number of fused-ring (bicyclic) bond motifs is 1. The van der Waals surface area contributed by atoms with Crippen LogP contribution in [0.5, 0.6) is 11.8 Å². The molecular formula is C21H18BrN5O. The molecule has 140 valence electrons. The Morgan fingerprint density at radius 2 is 1.82 bits per heavy atom. The highest BCUT2D eigenvalue weighted by molar-refractivity contribution is 9.10. The van der Waals surface area contributed by atoms with Crippen LogP contribution >= 0.6 is 15.9 Å². The van der Waals surface area contributed by atoms with E-state index in [2.05, 4.69) is 60.2 Å². The van der Waals surface area contributed by atoms with Gasteiger partial charge in [-0.25, -0.2) is 15.0 Å². The van der Waals surface area contributed by atoms with Gasteiger partial charge in [0.2, 0.25) is 0 Å². The third-order valence-corrected chi connectivity index (χ3v) is 4.67. The zero-order valence-electron chi connectivity index (χ0n) is 15.4. The van der Waals surface area contributed by atoms with E-state index in [1.165, 1.54) is 0 Å². The number of halogens is 1. The average molecular weight is 436 g/mol. The van der Waals surface area contributed by atoms with E-state index in [1.54, 1.807) is 6.20 Å². The summed E-state index contributed by atoms with van der Waals surface area (Å²) in [6, 6.07) is 17.9. The molecule has 7 heteroatoms. The van der Waals surface area contributed by atoms with Gasteiger partial charge in [0.1, 0.15) is 22.6 Å². The summed E-state index contributed by atoms with van der Waals surface area (Å²) in [5, 5.41) is 3.44. The number of rotatable bonds is 5. The van der Waals surface area contributed by atoms with Crippen LogP contribution in [0.2, 0.25) is 0 Å². The van der Waals surface area contributed by atoms with Crippen molar-refractivity contribution >= 4 is 32.8 Å². The molecule has 1 unspecified atom stereocenters. The molecule has 1 atom stereocenters. The van der Waals surface area contributed by atoms with E-state index in [9.17, 15) is 0 Å². The van der Waals surface area contributed by atoms with Crippen molar-refractivity contribution in [2.24, 2.45) is 0 Å². The van der Waals surface area contributed by atoms with Crippen molar-refractivity contribution in [2.75, 3.05) is 5.32 Å². The summed E-state index contributed by atoms with van der Waals surface area (Å²) in [6.45, 7) is 3.93. The number of anilines is 1. The summed E-state index contributed by atoms with van der Waals surface area (Å²) in [7, 11) is 0. The lowest BCUT2D eigenvalue weighted by atomic mass is 10.1. The van der Waals surface area contributed by atoms with E-state index in [1.807, 2.05) is 49.4 Å². The van der Waals surface area contributed by atoms with Gasteiger partial charge in [-0.15, -0.1) is 0 Å². The Bertz CT molecular complexity index is 1120. The van der Waals surface area contributed by atoms with Gasteiger partial charge in [-0.1, -0.05) is 46.3 Å². The Kier molecular flexibility index (Phi) is 5.16. The Balaban J connectivity index is 1.69. The van der Waals surface area contributed by atoms with Crippen molar-refractivity contribution in [1.29, 1.82) is 0 Å². The molecule has 0 aliphatic carbocycles. The first-order chi connectivity index (χ1) is 13.6. The average Bonchev–Trinajstić information content (AvgIpc) is 2.69. The summed E-state index contributed by atoms with van der Waals surface area (Å²) < 4.78 is 6.80. The van der Waals surface area contributed by atoms with Crippen LogP contribution in [-0.2, 0) is 0 Å². The molecule has 0 bridgehead atoms. The maximum Gasteiger partial charge on any atom is 0.322 e. The normalized spacial score (nSPS) is 12.0. The van der Waals surface area contributed by atoms with Gasteiger partial charge in [-0.2, -0.15) is 4.98 Å². The lowest BCUT2D eigenvalue weighted by Crippen LogP contribution is -2.10. The van der Waals surface area contributed by atoms with Crippen molar-refractivity contribution in [1.82, 2.24) is 19.9 Å². The molecule has 6 nitrogen and oxygen atoms in total. The van der Waals surface area contributed by atoms with Gasteiger partial charge >= 0.3 is 6.01 Å². The van der Waals surface area contributed by atoms with Crippen molar-refractivity contribution in [3.63, 3.8) is 0 Å². The fourth-order valence-electron chi connectivity index (χ4n) is 2.84. The Morgan fingerprint density at radius 1 is 1.00 bits per heavy atom. The van der Waals surface area contributed by atoms with E-state index in [4.69, 9.17) is 4.74 Å². The van der Waals surface area contributed by atoms with Crippen molar-refractivity contribution in [3.05, 3.63) is 76.7 Å². The topological polar surface area (TPSA) is 72.8 Å². The van der Waals surface area contributed by atoms with Crippen LogP contribution in [0.25, 0.3) is 11.0 Å². The molecule has 4 aromatic rings. The number of nitrogens with one attached hydrogen (secondary N) is 1. The number of ether oxygens (including phenoxy) is 1. The standard InChI is InChI=1S/C21H18BrN5O/c1-13(15-7-6-8-16(22)11-15)24-20-19-18(25-14(2)26-20)12-23-21(27-19)28-17-9-4-3-5-10-17/h3-13H,1-2H3,(H,24,25,26). The molecule has 0 aliphatic rings. The SMILES string of the molecule is Cc1nc(NC(C)c2cccc(Br)c2)c2nc(Oc3ccccc3)ncc2n1. The fraction of sp³-hybridized carbons (Fsp3) is 0.143. The fourth-order valence-corrected chi connectivity index (χ4v) is 3.25. The van der Waals surface area contributed by atoms with Crippen LogP contribution in [0.4, 0.5) is 5.82 Å². The minimum absolute atomic E-state index is 0.0310. The first-order valence-corrected chi connectivity index (χ1v) is 9.64. The smallest absolute Gasteiger partial charge is 0.322 e. The molecule has 28 heavy (non-hydrogen) atoms. The minimum Gasteiger partial charge on any atom is -0.424 e. The molecule has 0 aliphatic heterocycles. The number of hydrogen-bond acceptors (Lipinski definition) is 6. The molecule has 0 spiro atoms. The van der Waals surface area contributed by atoms with Crippen LogP contribution in [0.3, 0.4) is 0 Å². The molecule has 0 saturated heterocycles. The third kappa shape index (κ3) is 4.09. The van der Waals surface area contributed by atoms with Crippen molar-refractivity contribution in [2.45, 2.75) is 19.9 Å². The third-order valence-electron chi connectivity index (χ3n) is 4.18. The number of para-hydroxylation sites is 1. The summed E-state index contributed by atoms with van der Waals surface area (Å²) >= 11 is 3.52. The lowest BCUT2D eigenvalue weighted by molar-refractivity contribution is 0.444. The minimum atomic E-state index is 0.0310. The molecule has 0 amide bonds. The Morgan fingerprint density at radius 3 is 2.61 bits per heavy atom. The number of benzene rings is 2. The van der Waals surface area contributed by atoms with Gasteiger partial charge in [0, 0.05) is 4.47 Å². The Labute approximate surface area is 171 Å². The number of aryl methyl sites for hydroxylation is 1. The highest BCUT2D eigenvalue weighted by atomic mass is 79.9. The second kappa shape index (κ2) is 7.90. The largest absolute Gasteiger partial charge is 0.424 e. The number of hydrogen-bond donors (Lipinski definition) is 1. The van der Waals surface area contributed by atoms with Gasteiger partial charge in [-0.3, -0.25) is 0 Å². The van der Waals surface area contributed by atoms with Crippen LogP contribution in [-0.4, -0.2) is 19.9 Å². The second-order valence-electron chi connectivity index (χ2n) is 6.34. The molecule has 2 heterocycles. The number of aromatic nitrogens is 4. The van der Waals surface area contributed by atoms with Gasteiger partial charge < -0.3 is 10.1 Å². The molecule has 0 saturated carbocycles. The van der Waals surface area contributed by atoms with E-state index in [0.29, 0.717) is 28.4 Å².